The van der Waals surface area contributed by atoms with Crippen LogP contribution in [0.15, 0.2) is 36.4 Å². The highest BCUT2D eigenvalue weighted by Gasteiger charge is 2.35. The van der Waals surface area contributed by atoms with Crippen LogP contribution in [-0.4, -0.2) is 21.0 Å². The summed E-state index contributed by atoms with van der Waals surface area (Å²) in [5.74, 6) is -0.556. The number of halogens is 5. The van der Waals surface area contributed by atoms with Crippen molar-refractivity contribution in [3.05, 3.63) is 63.1 Å². The largest absolute Gasteiger partial charge is 0.339 e. The summed E-state index contributed by atoms with van der Waals surface area (Å²) < 4.78 is -1.89. The summed E-state index contributed by atoms with van der Waals surface area (Å²) in [6.45, 7) is 3.93. The Morgan fingerprint density at radius 2 is 1.71 bits per heavy atom. The first-order chi connectivity index (χ1) is 13.0. The van der Waals surface area contributed by atoms with Crippen molar-refractivity contribution in [2.45, 2.75) is 23.8 Å². The monoisotopic (exact) mass is 497 g/mol. The molecule has 1 amide bonds. The zero-order valence-electron chi connectivity index (χ0n) is 14.7. The minimum Gasteiger partial charge on any atom is -0.339 e. The molecule has 28 heavy (non-hydrogen) atoms. The Bertz CT molecular complexity index is 901. The van der Waals surface area contributed by atoms with Crippen LogP contribution in [0.2, 0.25) is 10.0 Å². The number of thiocarbonyl (C=S) groups is 1. The van der Waals surface area contributed by atoms with E-state index >= 15 is 0 Å². The number of rotatable bonds is 4. The van der Waals surface area contributed by atoms with Crippen LogP contribution in [0.25, 0.3) is 0 Å². The van der Waals surface area contributed by atoms with Gasteiger partial charge in [-0.1, -0.05) is 75.7 Å². The Labute approximate surface area is 193 Å². The number of nitrogens with one attached hydrogen (secondary N) is 3. The van der Waals surface area contributed by atoms with E-state index in [9.17, 15) is 4.79 Å². The maximum Gasteiger partial charge on any atom is 0.254 e. The number of anilines is 1. The number of carbonyl (C=O) groups is 1. The van der Waals surface area contributed by atoms with Crippen molar-refractivity contribution in [3.63, 3.8) is 0 Å². The second-order valence-electron chi connectivity index (χ2n) is 5.99. The maximum absolute atomic E-state index is 12.5. The van der Waals surface area contributed by atoms with Crippen LogP contribution in [0.5, 0.6) is 0 Å². The molecule has 0 aliphatic rings. The van der Waals surface area contributed by atoms with Crippen LogP contribution in [0.3, 0.4) is 0 Å². The lowest BCUT2D eigenvalue weighted by molar-refractivity contribution is 0.0934. The summed E-state index contributed by atoms with van der Waals surface area (Å²) in [5.41, 5.74) is 3.08. The van der Waals surface area contributed by atoms with E-state index in [2.05, 4.69) is 16.0 Å². The van der Waals surface area contributed by atoms with Gasteiger partial charge in [0, 0.05) is 10.7 Å². The van der Waals surface area contributed by atoms with Gasteiger partial charge in [0.1, 0.15) is 6.17 Å². The highest BCUT2D eigenvalue weighted by molar-refractivity contribution is 7.80. The van der Waals surface area contributed by atoms with Crippen LogP contribution in [0.4, 0.5) is 5.69 Å². The SMILES string of the molecule is Cc1ccc(NC(=S)N[C@@H](NC(=O)c2ccc(Cl)cc2Cl)C(Cl)(Cl)Cl)c(C)c1. The molecule has 4 nitrogen and oxygen atoms in total. The van der Waals surface area contributed by atoms with Crippen molar-refractivity contribution < 1.29 is 4.79 Å². The number of alkyl halides is 3. The molecule has 150 valence electrons. The molecular formula is C18H16Cl5N3OS. The molecule has 2 aromatic rings. The normalized spacial score (nSPS) is 12.2. The van der Waals surface area contributed by atoms with Crippen LogP contribution in [0, 0.1) is 13.8 Å². The molecule has 10 heteroatoms. The van der Waals surface area contributed by atoms with Gasteiger partial charge in [-0.25, -0.2) is 0 Å². The average molecular weight is 500 g/mol. The number of hydrogen-bond donors (Lipinski definition) is 3. The van der Waals surface area contributed by atoms with E-state index in [0.29, 0.717) is 5.02 Å². The number of aryl methyl sites for hydroxylation is 2. The van der Waals surface area contributed by atoms with E-state index in [1.54, 1.807) is 0 Å². The number of carbonyl (C=O) groups excluding carboxylic acids is 1. The topological polar surface area (TPSA) is 53.2 Å². The van der Waals surface area contributed by atoms with Gasteiger partial charge in [0.05, 0.1) is 10.6 Å². The zero-order chi connectivity index (χ0) is 21.1. The molecule has 0 aliphatic carbocycles. The molecule has 3 N–H and O–H groups in total. The quantitative estimate of drug-likeness (QED) is 0.273. The third-order valence-corrected chi connectivity index (χ3v) is 5.11. The van der Waals surface area contributed by atoms with Gasteiger partial charge in [-0.05, 0) is 55.9 Å². The number of amides is 1. The molecule has 2 aromatic carbocycles. The maximum atomic E-state index is 12.5. The Hall–Kier alpha value is -0.950. The molecule has 0 bridgehead atoms. The van der Waals surface area contributed by atoms with Crippen LogP contribution >= 0.6 is 70.2 Å². The fraction of sp³-hybridized carbons (Fsp3) is 0.222. The minimum absolute atomic E-state index is 0.170. The van der Waals surface area contributed by atoms with Gasteiger partial charge in [-0.3, -0.25) is 4.79 Å². The van der Waals surface area contributed by atoms with Crippen molar-refractivity contribution in [3.8, 4) is 0 Å². The molecule has 0 unspecified atom stereocenters. The van der Waals surface area contributed by atoms with Gasteiger partial charge < -0.3 is 16.0 Å². The van der Waals surface area contributed by atoms with Crippen molar-refractivity contribution in [2.75, 3.05) is 5.32 Å². The van der Waals surface area contributed by atoms with Gasteiger partial charge >= 0.3 is 0 Å². The molecule has 1 atom stereocenters. The lowest BCUT2D eigenvalue weighted by Crippen LogP contribution is -2.56. The summed E-state index contributed by atoms with van der Waals surface area (Å²) in [7, 11) is 0. The first-order valence-corrected chi connectivity index (χ1v) is 10.2. The third kappa shape index (κ3) is 6.55. The molecule has 0 aromatic heterocycles. The Balaban J connectivity index is 2.13. The van der Waals surface area contributed by atoms with E-state index in [-0.39, 0.29) is 15.7 Å². The smallest absolute Gasteiger partial charge is 0.254 e. The summed E-state index contributed by atoms with van der Waals surface area (Å²) in [5, 5.41) is 9.14. The predicted octanol–water partition coefficient (Wildman–Crippen LogP) is 6.02. The minimum atomic E-state index is -1.89. The average Bonchev–Trinajstić information content (AvgIpc) is 2.55. The fourth-order valence-corrected chi connectivity index (χ4v) is 3.38. The molecule has 0 aliphatic heterocycles. The Kier molecular flexibility index (Phi) is 8.08. The molecule has 0 spiro atoms. The molecule has 0 saturated carbocycles. The lowest BCUT2D eigenvalue weighted by atomic mass is 10.1. The van der Waals surface area contributed by atoms with Crippen LogP contribution in [0.1, 0.15) is 21.5 Å². The van der Waals surface area contributed by atoms with E-state index < -0.39 is 15.9 Å². The van der Waals surface area contributed by atoms with Gasteiger partial charge in [0.25, 0.3) is 5.91 Å². The molecule has 0 heterocycles. The number of benzene rings is 2. The highest BCUT2D eigenvalue weighted by atomic mass is 35.6. The van der Waals surface area contributed by atoms with Gasteiger partial charge in [-0.2, -0.15) is 0 Å². The second-order valence-corrected chi connectivity index (χ2v) is 9.61. The predicted molar refractivity (Wildman–Crippen MR) is 123 cm³/mol. The first kappa shape index (κ1) is 23.3. The molecule has 0 radical (unpaired) electrons. The zero-order valence-corrected chi connectivity index (χ0v) is 19.3. The second kappa shape index (κ2) is 9.70. The van der Waals surface area contributed by atoms with Crippen molar-refractivity contribution in [1.29, 1.82) is 0 Å². The highest BCUT2D eigenvalue weighted by Crippen LogP contribution is 2.30. The van der Waals surface area contributed by atoms with E-state index in [1.807, 2.05) is 32.0 Å². The summed E-state index contributed by atoms with van der Waals surface area (Å²) >= 11 is 35.2. The Morgan fingerprint density at radius 3 is 2.29 bits per heavy atom. The van der Waals surface area contributed by atoms with E-state index in [0.717, 1.165) is 16.8 Å². The van der Waals surface area contributed by atoms with Crippen molar-refractivity contribution in [1.82, 2.24) is 10.6 Å². The van der Waals surface area contributed by atoms with Crippen molar-refractivity contribution in [2.24, 2.45) is 0 Å². The summed E-state index contributed by atoms with van der Waals surface area (Å²) in [6.07, 6.45) is -1.12. The van der Waals surface area contributed by atoms with Gasteiger partial charge in [0.2, 0.25) is 3.79 Å². The summed E-state index contributed by atoms with van der Waals surface area (Å²) in [6, 6.07) is 10.3. The number of hydrogen-bond acceptors (Lipinski definition) is 2. The standard InChI is InChI=1S/C18H16Cl5N3OS/c1-9-3-6-14(10(2)7-9)24-17(28)26-16(18(21,22)23)25-15(27)12-5-4-11(19)8-13(12)20/h3-8,16H,1-2H3,(H,25,27)(H2,24,26,28)/t16-/m1/s1. The summed E-state index contributed by atoms with van der Waals surface area (Å²) in [4.78, 5) is 12.5. The van der Waals surface area contributed by atoms with Gasteiger partial charge in [-0.15, -0.1) is 0 Å². The van der Waals surface area contributed by atoms with Gasteiger partial charge in [0.15, 0.2) is 5.11 Å². The van der Waals surface area contributed by atoms with Crippen LogP contribution in [-0.2, 0) is 0 Å². The molecule has 0 fully saturated rings. The molecular weight excluding hydrogens is 484 g/mol. The van der Waals surface area contributed by atoms with E-state index in [1.165, 1.54) is 18.2 Å². The fourth-order valence-electron chi connectivity index (χ4n) is 2.33. The van der Waals surface area contributed by atoms with Crippen LogP contribution < -0.4 is 16.0 Å². The molecule has 2 rings (SSSR count). The van der Waals surface area contributed by atoms with E-state index in [4.69, 9.17) is 70.2 Å². The lowest BCUT2D eigenvalue weighted by Gasteiger charge is -2.28. The Morgan fingerprint density at radius 1 is 1.04 bits per heavy atom. The first-order valence-electron chi connectivity index (χ1n) is 7.95. The third-order valence-electron chi connectivity index (χ3n) is 3.68. The molecule has 0 saturated heterocycles. The van der Waals surface area contributed by atoms with Crippen molar-refractivity contribution >= 4 is 86.9 Å².